The van der Waals surface area contributed by atoms with Crippen LogP contribution < -0.4 is 0 Å². The first-order valence-corrected chi connectivity index (χ1v) is 21.2. The number of para-hydroxylation sites is 1. The minimum absolute atomic E-state index is 1.03. The second-order valence-corrected chi connectivity index (χ2v) is 15.8. The molecule has 0 unspecified atom stereocenters. The Labute approximate surface area is 325 Å². The standard InChI is InChI=1S/C48H68N6/c1-8-25-51(11-4)28-22-40-35-54(46-18-14-15-37(6)47(40)46)33-32-53(27-10-3)29-21-39-34-49-48-41(36(5)19-20-43(39)48)23-30-52(26-9-2)31-24-42-38(7)50-45-17-13-12-16-44(42)45/h12-20,34-35,49-50H,8-11,21-33H2,1-7H3. The molecule has 0 spiro atoms. The van der Waals surface area contributed by atoms with Crippen molar-refractivity contribution in [3.8, 4) is 0 Å². The van der Waals surface area contributed by atoms with Crippen LogP contribution in [-0.4, -0.2) is 88.1 Å². The molecule has 290 valence electrons. The summed E-state index contributed by atoms with van der Waals surface area (Å²) in [6.07, 6.45) is 12.7. The summed E-state index contributed by atoms with van der Waals surface area (Å²) in [5, 5.41) is 4.26. The van der Waals surface area contributed by atoms with Gasteiger partial charge < -0.3 is 29.2 Å². The van der Waals surface area contributed by atoms with Crippen LogP contribution in [0.5, 0.6) is 0 Å². The molecule has 0 atom stereocenters. The maximum absolute atomic E-state index is 3.76. The van der Waals surface area contributed by atoms with E-state index < -0.39 is 0 Å². The van der Waals surface area contributed by atoms with Gasteiger partial charge in [-0.1, -0.05) is 70.2 Å². The maximum atomic E-state index is 3.76. The number of aryl methyl sites for hydroxylation is 3. The summed E-state index contributed by atoms with van der Waals surface area (Å²) in [6, 6.07) is 20.3. The average Bonchev–Trinajstić information content (AvgIpc) is 3.85. The van der Waals surface area contributed by atoms with E-state index in [1.54, 1.807) is 0 Å². The zero-order valence-electron chi connectivity index (χ0n) is 34.7. The zero-order chi connectivity index (χ0) is 38.0. The van der Waals surface area contributed by atoms with Crippen LogP contribution in [0.3, 0.4) is 0 Å². The topological polar surface area (TPSA) is 46.2 Å². The number of likely N-dealkylation sites (N-methyl/N-ethyl adjacent to an activating group) is 1. The van der Waals surface area contributed by atoms with Crippen molar-refractivity contribution in [3.63, 3.8) is 0 Å². The Morgan fingerprint density at radius 2 is 1.24 bits per heavy atom. The van der Waals surface area contributed by atoms with Crippen molar-refractivity contribution >= 4 is 32.7 Å². The molecule has 3 aromatic heterocycles. The van der Waals surface area contributed by atoms with Gasteiger partial charge in [0.15, 0.2) is 0 Å². The van der Waals surface area contributed by atoms with E-state index >= 15 is 0 Å². The lowest BCUT2D eigenvalue weighted by Gasteiger charge is -2.23. The highest BCUT2D eigenvalue weighted by Crippen LogP contribution is 2.28. The molecule has 0 saturated carbocycles. The third kappa shape index (κ3) is 9.33. The average molecular weight is 729 g/mol. The normalized spacial score (nSPS) is 12.3. The number of rotatable bonds is 22. The van der Waals surface area contributed by atoms with Crippen LogP contribution >= 0.6 is 0 Å². The molecule has 0 aliphatic rings. The number of H-pyrrole nitrogens is 2. The van der Waals surface area contributed by atoms with Crippen LogP contribution in [0.4, 0.5) is 0 Å². The Kier molecular flexibility index (Phi) is 14.1. The van der Waals surface area contributed by atoms with E-state index in [2.05, 4.69) is 145 Å². The summed E-state index contributed by atoms with van der Waals surface area (Å²) in [5.74, 6) is 0. The Hall–Kier alpha value is -3.84. The van der Waals surface area contributed by atoms with E-state index in [1.165, 1.54) is 97.6 Å². The number of nitrogens with zero attached hydrogens (tertiary/aromatic N) is 4. The summed E-state index contributed by atoms with van der Waals surface area (Å²) in [6.45, 7) is 27.1. The molecule has 0 radical (unpaired) electrons. The third-order valence-electron chi connectivity index (χ3n) is 12.0. The Morgan fingerprint density at radius 3 is 2.00 bits per heavy atom. The minimum Gasteiger partial charge on any atom is -0.361 e. The summed E-state index contributed by atoms with van der Waals surface area (Å²) >= 11 is 0. The highest BCUT2D eigenvalue weighted by molar-refractivity contribution is 5.88. The highest BCUT2D eigenvalue weighted by atomic mass is 15.1. The van der Waals surface area contributed by atoms with Crippen LogP contribution in [0, 0.1) is 20.8 Å². The van der Waals surface area contributed by atoms with E-state index in [0.717, 1.165) is 84.6 Å². The number of benzene rings is 3. The molecule has 6 aromatic rings. The van der Waals surface area contributed by atoms with Gasteiger partial charge in [0, 0.05) is 90.1 Å². The molecule has 0 aliphatic carbocycles. The van der Waals surface area contributed by atoms with Gasteiger partial charge in [-0.15, -0.1) is 0 Å². The number of aromatic amines is 2. The number of hydrogen-bond donors (Lipinski definition) is 2. The van der Waals surface area contributed by atoms with Crippen molar-refractivity contribution < 1.29 is 0 Å². The molecule has 2 N–H and O–H groups in total. The first-order valence-electron chi connectivity index (χ1n) is 21.2. The lowest BCUT2D eigenvalue weighted by Crippen LogP contribution is -2.30. The van der Waals surface area contributed by atoms with Crippen molar-refractivity contribution in [2.75, 3.05) is 58.9 Å². The van der Waals surface area contributed by atoms with E-state index in [0.29, 0.717) is 0 Å². The van der Waals surface area contributed by atoms with Crippen molar-refractivity contribution in [2.24, 2.45) is 0 Å². The first kappa shape index (κ1) is 39.8. The Bertz CT molecular complexity index is 2080. The van der Waals surface area contributed by atoms with Gasteiger partial charge in [-0.25, -0.2) is 0 Å². The number of aromatic nitrogens is 3. The van der Waals surface area contributed by atoms with Gasteiger partial charge in [-0.3, -0.25) is 0 Å². The van der Waals surface area contributed by atoms with Gasteiger partial charge in [0.25, 0.3) is 0 Å². The van der Waals surface area contributed by atoms with Gasteiger partial charge in [-0.2, -0.15) is 0 Å². The predicted octanol–water partition coefficient (Wildman–Crippen LogP) is 10.3. The van der Waals surface area contributed by atoms with Crippen LogP contribution in [0.25, 0.3) is 32.7 Å². The second kappa shape index (κ2) is 19.2. The second-order valence-electron chi connectivity index (χ2n) is 15.8. The van der Waals surface area contributed by atoms with E-state index in [1.807, 2.05) is 0 Å². The number of hydrogen-bond acceptors (Lipinski definition) is 3. The molecule has 3 heterocycles. The van der Waals surface area contributed by atoms with Crippen molar-refractivity contribution in [1.29, 1.82) is 0 Å². The van der Waals surface area contributed by atoms with Gasteiger partial charge in [-0.05, 0) is 137 Å². The quantitative estimate of drug-likeness (QED) is 0.0732. The van der Waals surface area contributed by atoms with Crippen LogP contribution in [0.1, 0.15) is 86.0 Å². The number of fused-ring (bicyclic) bond motifs is 3. The molecular formula is C48H68N6. The Morgan fingerprint density at radius 1 is 0.574 bits per heavy atom. The van der Waals surface area contributed by atoms with Gasteiger partial charge in [0.2, 0.25) is 0 Å². The number of nitrogens with one attached hydrogen (secondary N) is 2. The third-order valence-corrected chi connectivity index (χ3v) is 12.0. The molecule has 54 heavy (non-hydrogen) atoms. The summed E-state index contributed by atoms with van der Waals surface area (Å²) < 4.78 is 2.54. The lowest BCUT2D eigenvalue weighted by molar-refractivity contribution is 0.267. The molecule has 0 bridgehead atoms. The van der Waals surface area contributed by atoms with Crippen LogP contribution in [0.15, 0.2) is 67.0 Å². The van der Waals surface area contributed by atoms with Gasteiger partial charge in [0.05, 0.1) is 0 Å². The molecule has 6 nitrogen and oxygen atoms in total. The molecule has 0 aliphatic heterocycles. The van der Waals surface area contributed by atoms with Crippen LogP contribution in [0.2, 0.25) is 0 Å². The lowest BCUT2D eigenvalue weighted by atomic mass is 9.99. The van der Waals surface area contributed by atoms with Crippen LogP contribution in [-0.2, 0) is 32.2 Å². The zero-order valence-corrected chi connectivity index (χ0v) is 34.7. The SMILES string of the molecule is CCCN(CC)CCc1cn(CCN(CCC)CCc2c[nH]c3c(CCN(CCC)CCc4c(C)[nH]c5ccccc45)c(C)ccc23)c2cccc(C)c12. The van der Waals surface area contributed by atoms with E-state index in [9.17, 15) is 0 Å². The predicted molar refractivity (Wildman–Crippen MR) is 233 cm³/mol. The largest absolute Gasteiger partial charge is 0.361 e. The van der Waals surface area contributed by atoms with Crippen molar-refractivity contribution in [3.05, 3.63) is 106 Å². The molecule has 0 amide bonds. The molecule has 0 fully saturated rings. The summed E-state index contributed by atoms with van der Waals surface area (Å²) in [4.78, 5) is 15.3. The maximum Gasteiger partial charge on any atom is 0.0492 e. The summed E-state index contributed by atoms with van der Waals surface area (Å²) in [7, 11) is 0. The van der Waals surface area contributed by atoms with E-state index in [4.69, 9.17) is 0 Å². The van der Waals surface area contributed by atoms with E-state index in [-0.39, 0.29) is 0 Å². The minimum atomic E-state index is 1.03. The fourth-order valence-corrected chi connectivity index (χ4v) is 9.01. The van der Waals surface area contributed by atoms with Crippen molar-refractivity contribution in [1.82, 2.24) is 29.2 Å². The smallest absolute Gasteiger partial charge is 0.0492 e. The fourth-order valence-electron chi connectivity index (χ4n) is 9.01. The summed E-state index contributed by atoms with van der Waals surface area (Å²) in [5.41, 5.74) is 14.0. The fraction of sp³-hybridized carbons (Fsp3) is 0.500. The first-order chi connectivity index (χ1) is 26.3. The van der Waals surface area contributed by atoms with Gasteiger partial charge >= 0.3 is 0 Å². The molecule has 3 aromatic carbocycles. The monoisotopic (exact) mass is 729 g/mol. The highest BCUT2D eigenvalue weighted by Gasteiger charge is 2.17. The Balaban J connectivity index is 1.10. The molecule has 6 rings (SSSR count). The van der Waals surface area contributed by atoms with Crippen molar-refractivity contribution in [2.45, 2.75) is 100.0 Å². The molecular weight excluding hydrogens is 661 g/mol. The molecule has 0 saturated heterocycles. The molecule has 6 heteroatoms. The van der Waals surface area contributed by atoms with Gasteiger partial charge in [0.1, 0.15) is 0 Å².